The molecule has 0 aromatic carbocycles. The molecule has 0 spiro atoms. The molecule has 0 aliphatic carbocycles. The van der Waals surface area contributed by atoms with E-state index in [1.165, 1.54) is 0 Å². The monoisotopic (exact) mass is 289 g/mol. The first-order valence-corrected chi connectivity index (χ1v) is 7.34. The molecule has 1 aromatic rings. The standard InChI is InChI=1S/C16H23N3O2/c1-12(2)5-8-16(15(20)21)7-4-10-19(11-16)14-6-9-17-13(3)18-14/h5-6,9H,4,7-8,10-11H2,1-3H3,(H,20,21)/t16-/m1/s1. The number of nitrogens with zero attached hydrogens (tertiary/aromatic N) is 3. The molecular formula is C16H23N3O2. The molecule has 1 aliphatic rings. The number of rotatable bonds is 4. The maximum absolute atomic E-state index is 11.8. The third kappa shape index (κ3) is 3.60. The largest absolute Gasteiger partial charge is 0.481 e. The van der Waals surface area contributed by atoms with E-state index in [4.69, 9.17) is 0 Å². The number of carboxylic acids is 1. The van der Waals surface area contributed by atoms with E-state index in [-0.39, 0.29) is 0 Å². The molecule has 0 unspecified atom stereocenters. The number of carbonyl (C=O) groups is 1. The number of anilines is 1. The molecule has 1 aliphatic heterocycles. The lowest BCUT2D eigenvalue weighted by Gasteiger charge is -2.40. The molecule has 114 valence electrons. The topological polar surface area (TPSA) is 66.3 Å². The Morgan fingerprint density at radius 3 is 2.90 bits per heavy atom. The summed E-state index contributed by atoms with van der Waals surface area (Å²) in [5, 5.41) is 9.73. The number of hydrogen-bond acceptors (Lipinski definition) is 4. The van der Waals surface area contributed by atoms with Gasteiger partial charge in [-0.05, 0) is 46.1 Å². The number of allylic oxidation sites excluding steroid dienone is 2. The summed E-state index contributed by atoms with van der Waals surface area (Å²) >= 11 is 0. The zero-order valence-electron chi connectivity index (χ0n) is 13.0. The van der Waals surface area contributed by atoms with Crippen LogP contribution in [0.25, 0.3) is 0 Å². The molecule has 1 fully saturated rings. The van der Waals surface area contributed by atoms with Gasteiger partial charge in [0.1, 0.15) is 11.6 Å². The molecule has 1 aromatic heterocycles. The van der Waals surface area contributed by atoms with Gasteiger partial charge in [-0.1, -0.05) is 11.6 Å². The smallest absolute Gasteiger partial charge is 0.311 e. The Kier molecular flexibility index (Phi) is 4.60. The molecule has 1 saturated heterocycles. The van der Waals surface area contributed by atoms with Crippen molar-refractivity contribution in [3.8, 4) is 0 Å². The Balaban J connectivity index is 2.24. The summed E-state index contributed by atoms with van der Waals surface area (Å²) in [4.78, 5) is 22.4. The SMILES string of the molecule is CC(C)=CC[C@]1(C(=O)O)CCCN(c2ccnc(C)n2)C1. The van der Waals surface area contributed by atoms with Crippen LogP contribution in [0.2, 0.25) is 0 Å². The van der Waals surface area contributed by atoms with Crippen LogP contribution in [-0.4, -0.2) is 34.1 Å². The fourth-order valence-electron chi connectivity index (χ4n) is 2.78. The minimum absolute atomic E-state index is 0.503. The zero-order valence-corrected chi connectivity index (χ0v) is 13.0. The highest BCUT2D eigenvalue weighted by molar-refractivity contribution is 5.76. The van der Waals surface area contributed by atoms with Crippen molar-refractivity contribution < 1.29 is 9.90 Å². The lowest BCUT2D eigenvalue weighted by molar-refractivity contribution is -0.149. The number of aryl methyl sites for hydroxylation is 1. The second-order valence-electron chi connectivity index (χ2n) is 6.06. The highest BCUT2D eigenvalue weighted by Gasteiger charge is 2.41. The Morgan fingerprint density at radius 2 is 2.29 bits per heavy atom. The van der Waals surface area contributed by atoms with Crippen molar-refractivity contribution in [2.24, 2.45) is 5.41 Å². The van der Waals surface area contributed by atoms with Crippen LogP contribution in [-0.2, 0) is 4.79 Å². The van der Waals surface area contributed by atoms with E-state index in [2.05, 4.69) is 14.9 Å². The number of carboxylic acid groups (broad SMARTS) is 1. The van der Waals surface area contributed by atoms with Crippen molar-refractivity contribution in [2.45, 2.75) is 40.0 Å². The predicted octanol–water partition coefficient (Wildman–Crippen LogP) is 2.81. The summed E-state index contributed by atoms with van der Waals surface area (Å²) in [6.07, 6.45) is 5.91. The van der Waals surface area contributed by atoms with E-state index < -0.39 is 11.4 Å². The van der Waals surface area contributed by atoms with Crippen LogP contribution in [0.1, 0.15) is 38.9 Å². The highest BCUT2D eigenvalue weighted by Crippen LogP contribution is 2.36. The maximum atomic E-state index is 11.8. The second-order valence-corrected chi connectivity index (χ2v) is 6.06. The number of hydrogen-bond donors (Lipinski definition) is 1. The summed E-state index contributed by atoms with van der Waals surface area (Å²) in [7, 11) is 0. The maximum Gasteiger partial charge on any atom is 0.311 e. The summed E-state index contributed by atoms with van der Waals surface area (Å²) in [6.45, 7) is 7.21. The van der Waals surface area contributed by atoms with Crippen molar-refractivity contribution in [1.82, 2.24) is 9.97 Å². The highest BCUT2D eigenvalue weighted by atomic mass is 16.4. The molecule has 2 heterocycles. The molecule has 0 amide bonds. The fourth-order valence-corrected chi connectivity index (χ4v) is 2.78. The van der Waals surface area contributed by atoms with E-state index >= 15 is 0 Å². The number of aromatic nitrogens is 2. The van der Waals surface area contributed by atoms with Crippen LogP contribution in [0.5, 0.6) is 0 Å². The van der Waals surface area contributed by atoms with Crippen molar-refractivity contribution >= 4 is 11.8 Å². The van der Waals surface area contributed by atoms with Gasteiger partial charge in [-0.3, -0.25) is 4.79 Å². The lowest BCUT2D eigenvalue weighted by Crippen LogP contribution is -2.48. The molecular weight excluding hydrogens is 266 g/mol. The zero-order chi connectivity index (χ0) is 15.5. The van der Waals surface area contributed by atoms with Gasteiger partial charge in [0.15, 0.2) is 0 Å². The molecule has 21 heavy (non-hydrogen) atoms. The molecule has 5 heteroatoms. The van der Waals surface area contributed by atoms with Gasteiger partial charge in [-0.2, -0.15) is 0 Å². The van der Waals surface area contributed by atoms with E-state index in [9.17, 15) is 9.90 Å². The van der Waals surface area contributed by atoms with Crippen molar-refractivity contribution in [2.75, 3.05) is 18.0 Å². The average molecular weight is 289 g/mol. The molecule has 0 bridgehead atoms. The molecule has 2 rings (SSSR count). The van der Waals surface area contributed by atoms with E-state index in [1.54, 1.807) is 6.20 Å². The molecule has 1 atom stereocenters. The minimum atomic E-state index is -0.714. The first-order valence-electron chi connectivity index (χ1n) is 7.34. The van der Waals surface area contributed by atoms with E-state index in [1.807, 2.05) is 32.9 Å². The van der Waals surface area contributed by atoms with Gasteiger partial charge < -0.3 is 10.0 Å². The van der Waals surface area contributed by atoms with Crippen LogP contribution in [0, 0.1) is 12.3 Å². The van der Waals surface area contributed by atoms with Gasteiger partial charge in [0.05, 0.1) is 5.41 Å². The molecule has 0 radical (unpaired) electrons. The van der Waals surface area contributed by atoms with Crippen molar-refractivity contribution in [3.63, 3.8) is 0 Å². The van der Waals surface area contributed by atoms with Gasteiger partial charge in [0.2, 0.25) is 0 Å². The van der Waals surface area contributed by atoms with Gasteiger partial charge in [-0.15, -0.1) is 0 Å². The normalized spacial score (nSPS) is 22.0. The van der Waals surface area contributed by atoms with Crippen LogP contribution in [0.15, 0.2) is 23.9 Å². The number of piperidine rings is 1. The third-order valence-electron chi connectivity index (χ3n) is 4.02. The van der Waals surface area contributed by atoms with Crippen LogP contribution in [0.3, 0.4) is 0 Å². The van der Waals surface area contributed by atoms with Gasteiger partial charge in [0.25, 0.3) is 0 Å². The summed E-state index contributed by atoms with van der Waals surface area (Å²) in [5.74, 6) is 0.823. The van der Waals surface area contributed by atoms with Gasteiger partial charge in [0, 0.05) is 19.3 Å². The summed E-state index contributed by atoms with van der Waals surface area (Å²) in [6, 6.07) is 1.85. The lowest BCUT2D eigenvalue weighted by atomic mass is 9.76. The van der Waals surface area contributed by atoms with Crippen LogP contribution < -0.4 is 4.90 Å². The van der Waals surface area contributed by atoms with Crippen molar-refractivity contribution in [3.05, 3.63) is 29.7 Å². The van der Waals surface area contributed by atoms with Gasteiger partial charge in [-0.25, -0.2) is 9.97 Å². The predicted molar refractivity (Wildman–Crippen MR) is 82.3 cm³/mol. The minimum Gasteiger partial charge on any atom is -0.481 e. The van der Waals surface area contributed by atoms with Crippen LogP contribution in [0.4, 0.5) is 5.82 Å². The summed E-state index contributed by atoms with van der Waals surface area (Å²) in [5.41, 5.74) is 0.444. The van der Waals surface area contributed by atoms with Crippen LogP contribution >= 0.6 is 0 Å². The van der Waals surface area contributed by atoms with E-state index in [0.717, 1.165) is 24.4 Å². The average Bonchev–Trinajstić information content (AvgIpc) is 2.45. The number of aliphatic carboxylic acids is 1. The Hall–Kier alpha value is -1.91. The van der Waals surface area contributed by atoms with E-state index in [0.29, 0.717) is 25.2 Å². The quantitative estimate of drug-likeness (QED) is 0.863. The molecule has 0 saturated carbocycles. The summed E-state index contributed by atoms with van der Waals surface area (Å²) < 4.78 is 0. The molecule has 5 nitrogen and oxygen atoms in total. The Morgan fingerprint density at radius 1 is 1.52 bits per heavy atom. The second kappa shape index (κ2) is 6.24. The first kappa shape index (κ1) is 15.5. The Labute approximate surface area is 125 Å². The van der Waals surface area contributed by atoms with Gasteiger partial charge >= 0.3 is 5.97 Å². The Bertz CT molecular complexity index is 552. The fraction of sp³-hybridized carbons (Fsp3) is 0.562. The molecule has 1 N–H and O–H groups in total. The van der Waals surface area contributed by atoms with Crippen molar-refractivity contribution in [1.29, 1.82) is 0 Å². The third-order valence-corrected chi connectivity index (χ3v) is 4.02. The first-order chi connectivity index (χ1) is 9.93.